The van der Waals surface area contributed by atoms with Crippen LogP contribution < -0.4 is 11.1 Å². The van der Waals surface area contributed by atoms with Crippen LogP contribution in [0.15, 0.2) is 48.5 Å². The summed E-state index contributed by atoms with van der Waals surface area (Å²) in [6, 6.07) is 14.8. The number of hydrogen-bond donors (Lipinski definition) is 3. The molecule has 0 atom stereocenters. The maximum Gasteiger partial charge on any atom is 0.317 e. The van der Waals surface area contributed by atoms with Crippen molar-refractivity contribution in [2.24, 2.45) is 11.7 Å². The molecule has 0 unspecified atom stereocenters. The second-order valence-corrected chi connectivity index (χ2v) is 7.01. The fourth-order valence-electron chi connectivity index (χ4n) is 3.46. The van der Waals surface area contributed by atoms with Crippen molar-refractivity contribution in [3.8, 4) is 0 Å². The van der Waals surface area contributed by atoms with E-state index in [4.69, 9.17) is 11.1 Å². The summed E-state index contributed by atoms with van der Waals surface area (Å²) in [6.45, 7) is 1.72. The van der Waals surface area contributed by atoms with Gasteiger partial charge < -0.3 is 16.0 Å². The molecule has 1 aliphatic heterocycles. The number of nitrogens with one attached hydrogen (secondary N) is 2. The van der Waals surface area contributed by atoms with Gasteiger partial charge in [0, 0.05) is 19.6 Å². The molecule has 2 aromatic carbocycles. The first kappa shape index (κ1) is 21.7. The van der Waals surface area contributed by atoms with E-state index in [0.29, 0.717) is 11.5 Å². The van der Waals surface area contributed by atoms with Gasteiger partial charge in [-0.25, -0.2) is 9.18 Å². The lowest BCUT2D eigenvalue weighted by molar-refractivity contribution is 0.170. The van der Waals surface area contributed by atoms with Crippen LogP contribution in [-0.4, -0.2) is 29.9 Å². The van der Waals surface area contributed by atoms with Crippen molar-refractivity contribution in [3.63, 3.8) is 0 Å². The lowest BCUT2D eigenvalue weighted by atomic mass is 9.90. The quantitative estimate of drug-likeness (QED) is 0.524. The van der Waals surface area contributed by atoms with Crippen molar-refractivity contribution >= 4 is 24.3 Å². The Labute approximate surface area is 171 Å². The number of amidine groups is 1. The highest BCUT2D eigenvalue weighted by molar-refractivity contribution is 5.95. The van der Waals surface area contributed by atoms with Gasteiger partial charge in [-0.15, -0.1) is 12.4 Å². The molecule has 150 valence electrons. The fraction of sp³-hybridized carbons (Fsp3) is 0.333. The molecule has 4 N–H and O–H groups in total. The maximum atomic E-state index is 13.9. The third-order valence-electron chi connectivity index (χ3n) is 5.04. The number of hydrogen-bond acceptors (Lipinski definition) is 2. The van der Waals surface area contributed by atoms with Crippen molar-refractivity contribution in [2.45, 2.75) is 25.8 Å². The number of amides is 2. The number of carbonyl (C=O) groups excluding carboxylic acids is 1. The van der Waals surface area contributed by atoms with E-state index in [2.05, 4.69) is 29.6 Å². The minimum absolute atomic E-state index is 0. The van der Waals surface area contributed by atoms with Gasteiger partial charge in [-0.2, -0.15) is 0 Å². The largest absolute Gasteiger partial charge is 0.384 e. The van der Waals surface area contributed by atoms with Crippen LogP contribution in [0.2, 0.25) is 0 Å². The van der Waals surface area contributed by atoms with E-state index in [-0.39, 0.29) is 36.4 Å². The van der Waals surface area contributed by atoms with E-state index >= 15 is 0 Å². The number of nitrogen functional groups attached to an aromatic ring is 1. The highest BCUT2D eigenvalue weighted by Crippen LogP contribution is 2.21. The molecule has 1 saturated heterocycles. The van der Waals surface area contributed by atoms with Gasteiger partial charge in [0.1, 0.15) is 11.7 Å². The van der Waals surface area contributed by atoms with Crippen molar-refractivity contribution in [1.82, 2.24) is 10.2 Å². The van der Waals surface area contributed by atoms with Crippen molar-refractivity contribution in [1.29, 1.82) is 5.41 Å². The number of carbonyl (C=O) groups is 1. The highest BCUT2D eigenvalue weighted by atomic mass is 35.5. The van der Waals surface area contributed by atoms with E-state index in [1.807, 2.05) is 11.0 Å². The van der Waals surface area contributed by atoms with Gasteiger partial charge in [-0.3, -0.25) is 5.41 Å². The van der Waals surface area contributed by atoms with Crippen LogP contribution in [0, 0.1) is 17.1 Å². The summed E-state index contributed by atoms with van der Waals surface area (Å²) in [7, 11) is 0. The van der Waals surface area contributed by atoms with Crippen molar-refractivity contribution in [2.75, 3.05) is 13.1 Å². The van der Waals surface area contributed by atoms with Gasteiger partial charge >= 0.3 is 6.03 Å². The van der Waals surface area contributed by atoms with Crippen LogP contribution in [0.3, 0.4) is 0 Å². The third kappa shape index (κ3) is 5.70. The van der Waals surface area contributed by atoms with Crippen LogP contribution in [-0.2, 0) is 13.0 Å². The normalized spacial score (nSPS) is 14.2. The van der Waals surface area contributed by atoms with Crippen LogP contribution in [0.4, 0.5) is 9.18 Å². The molecular weight excluding hydrogens is 379 g/mol. The summed E-state index contributed by atoms with van der Waals surface area (Å²) in [6.07, 6.45) is 3.03. The van der Waals surface area contributed by atoms with E-state index in [0.717, 1.165) is 32.4 Å². The molecule has 3 rings (SSSR count). The van der Waals surface area contributed by atoms with Gasteiger partial charge in [0.2, 0.25) is 0 Å². The Balaban J connectivity index is 0.00000280. The Kier molecular flexibility index (Phi) is 7.81. The minimum atomic E-state index is -0.545. The van der Waals surface area contributed by atoms with E-state index in [1.165, 1.54) is 17.7 Å². The lowest BCUT2D eigenvalue weighted by Crippen LogP contribution is -2.44. The molecule has 0 saturated carbocycles. The summed E-state index contributed by atoms with van der Waals surface area (Å²) in [5, 5.41) is 10.1. The van der Waals surface area contributed by atoms with E-state index in [1.54, 1.807) is 6.07 Å². The van der Waals surface area contributed by atoms with Crippen molar-refractivity contribution in [3.05, 3.63) is 71.0 Å². The maximum absolute atomic E-state index is 13.9. The summed E-state index contributed by atoms with van der Waals surface area (Å²) in [5.41, 5.74) is 7.37. The van der Waals surface area contributed by atoms with E-state index in [9.17, 15) is 9.18 Å². The lowest BCUT2D eigenvalue weighted by Gasteiger charge is -2.32. The van der Waals surface area contributed by atoms with Gasteiger partial charge in [0.05, 0.1) is 5.56 Å². The molecule has 0 radical (unpaired) electrons. The molecule has 2 amide bonds. The SMILES string of the molecule is Cl.N=C(N)c1ccc(CNC(=O)N2CCC(Cc3ccccc3)CC2)cc1F. The number of nitrogens with two attached hydrogens (primary N) is 1. The second-order valence-electron chi connectivity index (χ2n) is 7.01. The summed E-state index contributed by atoms with van der Waals surface area (Å²) in [4.78, 5) is 14.2. The Morgan fingerprint density at radius 3 is 2.43 bits per heavy atom. The average molecular weight is 405 g/mol. The number of likely N-dealkylation sites (tertiary alicyclic amines) is 1. The molecule has 1 heterocycles. The molecule has 1 aliphatic rings. The predicted octanol–water partition coefficient (Wildman–Crippen LogP) is 3.70. The molecule has 1 fully saturated rings. The zero-order chi connectivity index (χ0) is 19.2. The zero-order valence-corrected chi connectivity index (χ0v) is 16.5. The van der Waals surface area contributed by atoms with Gasteiger partial charge in [-0.1, -0.05) is 36.4 Å². The molecule has 5 nitrogen and oxygen atoms in total. The van der Waals surface area contributed by atoms with Crippen LogP contribution in [0.1, 0.15) is 29.5 Å². The first-order chi connectivity index (χ1) is 13.0. The summed E-state index contributed by atoms with van der Waals surface area (Å²) >= 11 is 0. The molecule has 7 heteroatoms. The molecule has 0 aliphatic carbocycles. The molecule has 2 aromatic rings. The fourth-order valence-corrected chi connectivity index (χ4v) is 3.46. The number of urea groups is 1. The Morgan fingerprint density at radius 2 is 1.82 bits per heavy atom. The molecule has 0 spiro atoms. The van der Waals surface area contributed by atoms with Gasteiger partial charge in [0.15, 0.2) is 0 Å². The van der Waals surface area contributed by atoms with Crippen LogP contribution >= 0.6 is 12.4 Å². The zero-order valence-electron chi connectivity index (χ0n) is 15.7. The molecule has 28 heavy (non-hydrogen) atoms. The number of nitrogens with zero attached hydrogens (tertiary/aromatic N) is 1. The summed E-state index contributed by atoms with van der Waals surface area (Å²) < 4.78 is 13.9. The standard InChI is InChI=1S/C21H25FN4O.ClH/c22-19-13-17(6-7-18(19)20(23)24)14-25-21(27)26-10-8-16(9-11-26)12-15-4-2-1-3-5-15;/h1-7,13,16H,8-12,14H2,(H3,23,24)(H,25,27);1H. The monoisotopic (exact) mass is 404 g/mol. The van der Waals surface area contributed by atoms with Crippen LogP contribution in [0.5, 0.6) is 0 Å². The molecule has 0 bridgehead atoms. The van der Waals surface area contributed by atoms with E-state index < -0.39 is 5.82 Å². The highest BCUT2D eigenvalue weighted by Gasteiger charge is 2.22. The molecular formula is C21H26ClFN4O. The van der Waals surface area contributed by atoms with Crippen LogP contribution in [0.25, 0.3) is 0 Å². The second kappa shape index (κ2) is 10.1. The predicted molar refractivity (Wildman–Crippen MR) is 111 cm³/mol. The Morgan fingerprint density at radius 1 is 1.14 bits per heavy atom. The Bertz CT molecular complexity index is 807. The van der Waals surface area contributed by atoms with Gasteiger partial charge in [-0.05, 0) is 48.4 Å². The number of benzene rings is 2. The molecule has 0 aromatic heterocycles. The van der Waals surface area contributed by atoms with Crippen molar-refractivity contribution < 1.29 is 9.18 Å². The van der Waals surface area contributed by atoms with Gasteiger partial charge in [0.25, 0.3) is 0 Å². The average Bonchev–Trinajstić information content (AvgIpc) is 2.67. The topological polar surface area (TPSA) is 82.2 Å². The third-order valence-corrected chi connectivity index (χ3v) is 5.04. The first-order valence-corrected chi connectivity index (χ1v) is 9.22. The summed E-state index contributed by atoms with van der Waals surface area (Å²) in [5.74, 6) is -0.248. The minimum Gasteiger partial charge on any atom is -0.384 e. The number of halogens is 2. The first-order valence-electron chi connectivity index (χ1n) is 9.22. The smallest absolute Gasteiger partial charge is 0.317 e. The Hall–Kier alpha value is -2.60. The number of piperidine rings is 1. The number of rotatable bonds is 5.